The molecule has 1 aliphatic heterocycles. The van der Waals surface area contributed by atoms with Crippen LogP contribution in [0, 0.1) is 0 Å². The van der Waals surface area contributed by atoms with E-state index in [4.69, 9.17) is 0 Å². The molecule has 8 heteroatoms. The average molecular weight is 457 g/mol. The van der Waals surface area contributed by atoms with Gasteiger partial charge in [0.05, 0.1) is 9.20 Å². The monoisotopic (exact) mass is 456 g/mol. The molecular weight excluding hydrogens is 436 g/mol. The SMILES string of the molecule is CC(C)(C(=O)N1CCN(S(=O)(=O)c2ccc(Br)s2)CC1)c1ccccc1. The van der Waals surface area contributed by atoms with Crippen LogP contribution in [0.15, 0.2) is 50.5 Å². The second-order valence-corrected chi connectivity index (χ2v) is 11.4. The van der Waals surface area contributed by atoms with Gasteiger partial charge in [-0.2, -0.15) is 4.31 Å². The predicted molar refractivity (Wildman–Crippen MR) is 107 cm³/mol. The summed E-state index contributed by atoms with van der Waals surface area (Å²) < 4.78 is 28.0. The molecule has 1 saturated heterocycles. The van der Waals surface area contributed by atoms with Gasteiger partial charge in [0.15, 0.2) is 0 Å². The van der Waals surface area contributed by atoms with Gasteiger partial charge in [-0.3, -0.25) is 4.79 Å². The van der Waals surface area contributed by atoms with E-state index in [1.807, 2.05) is 44.2 Å². The quantitative estimate of drug-likeness (QED) is 0.708. The lowest BCUT2D eigenvalue weighted by atomic mass is 9.83. The average Bonchev–Trinajstić information content (AvgIpc) is 3.09. The highest BCUT2D eigenvalue weighted by Crippen LogP contribution is 2.30. The Labute approximate surface area is 166 Å². The lowest BCUT2D eigenvalue weighted by Gasteiger charge is -2.38. The number of carbonyl (C=O) groups excluding carboxylic acids is 1. The third-order valence-corrected chi connectivity index (χ3v) is 8.69. The van der Waals surface area contributed by atoms with Gasteiger partial charge in [0.2, 0.25) is 5.91 Å². The molecule has 1 aromatic carbocycles. The summed E-state index contributed by atoms with van der Waals surface area (Å²) in [4.78, 5) is 14.8. The van der Waals surface area contributed by atoms with E-state index in [0.29, 0.717) is 30.4 Å². The lowest BCUT2D eigenvalue weighted by Crippen LogP contribution is -2.54. The maximum atomic E-state index is 13.0. The number of sulfonamides is 1. The Morgan fingerprint density at radius 2 is 1.65 bits per heavy atom. The molecule has 0 radical (unpaired) electrons. The fraction of sp³-hybridized carbons (Fsp3) is 0.389. The highest BCUT2D eigenvalue weighted by atomic mass is 79.9. The van der Waals surface area contributed by atoms with Crippen LogP contribution in [0.4, 0.5) is 0 Å². The third kappa shape index (κ3) is 3.74. The van der Waals surface area contributed by atoms with Crippen molar-refractivity contribution in [1.82, 2.24) is 9.21 Å². The minimum atomic E-state index is -3.49. The molecule has 2 aromatic rings. The molecule has 0 atom stereocenters. The van der Waals surface area contributed by atoms with Crippen molar-refractivity contribution in [2.75, 3.05) is 26.2 Å². The number of halogens is 1. The largest absolute Gasteiger partial charge is 0.339 e. The molecule has 26 heavy (non-hydrogen) atoms. The molecule has 1 aliphatic rings. The number of benzene rings is 1. The molecule has 0 spiro atoms. The number of thiophene rings is 1. The molecule has 3 rings (SSSR count). The topological polar surface area (TPSA) is 57.7 Å². The standard InChI is InChI=1S/C18H21BrN2O3S2/c1-18(2,14-6-4-3-5-7-14)17(22)20-10-12-21(13-11-20)26(23,24)16-9-8-15(19)25-16/h3-9H,10-13H2,1-2H3. The van der Waals surface area contributed by atoms with Crippen molar-refractivity contribution in [2.24, 2.45) is 0 Å². The van der Waals surface area contributed by atoms with Gasteiger partial charge in [-0.05, 0) is 47.5 Å². The highest BCUT2D eigenvalue weighted by molar-refractivity contribution is 9.11. The second-order valence-electron chi connectivity index (χ2n) is 6.75. The number of rotatable bonds is 4. The molecule has 1 fully saturated rings. The smallest absolute Gasteiger partial charge is 0.252 e. The number of carbonyl (C=O) groups is 1. The zero-order valence-electron chi connectivity index (χ0n) is 14.7. The van der Waals surface area contributed by atoms with Crippen molar-refractivity contribution >= 4 is 43.2 Å². The molecule has 1 aromatic heterocycles. The fourth-order valence-corrected chi connectivity index (χ4v) is 6.66. The van der Waals surface area contributed by atoms with Gasteiger partial charge in [-0.1, -0.05) is 30.3 Å². The van der Waals surface area contributed by atoms with Crippen LogP contribution >= 0.6 is 27.3 Å². The first-order chi connectivity index (χ1) is 12.2. The summed E-state index contributed by atoms with van der Waals surface area (Å²) in [5, 5.41) is 0. The number of nitrogens with zero attached hydrogens (tertiary/aromatic N) is 2. The fourth-order valence-electron chi connectivity index (χ4n) is 3.07. The van der Waals surface area contributed by atoms with E-state index < -0.39 is 15.4 Å². The molecule has 0 N–H and O–H groups in total. The van der Waals surface area contributed by atoms with Gasteiger partial charge in [0.1, 0.15) is 4.21 Å². The molecule has 140 valence electrons. The Bertz CT molecular complexity index is 886. The van der Waals surface area contributed by atoms with Crippen LogP contribution < -0.4 is 0 Å². The van der Waals surface area contributed by atoms with Crippen LogP contribution in [0.5, 0.6) is 0 Å². The van der Waals surface area contributed by atoms with Crippen molar-refractivity contribution in [1.29, 1.82) is 0 Å². The van der Waals surface area contributed by atoms with Crippen LogP contribution in [0.3, 0.4) is 0 Å². The summed E-state index contributed by atoms with van der Waals surface area (Å²) in [5.41, 5.74) is 0.324. The lowest BCUT2D eigenvalue weighted by molar-refractivity contribution is -0.137. The molecule has 0 saturated carbocycles. The van der Waals surface area contributed by atoms with Gasteiger partial charge >= 0.3 is 0 Å². The zero-order valence-corrected chi connectivity index (χ0v) is 17.9. The van der Waals surface area contributed by atoms with Gasteiger partial charge in [-0.25, -0.2) is 8.42 Å². The maximum Gasteiger partial charge on any atom is 0.252 e. The van der Waals surface area contributed by atoms with Crippen molar-refractivity contribution in [2.45, 2.75) is 23.5 Å². The summed E-state index contributed by atoms with van der Waals surface area (Å²) in [5.74, 6) is 0.0274. The minimum Gasteiger partial charge on any atom is -0.339 e. The molecule has 0 bridgehead atoms. The first-order valence-corrected chi connectivity index (χ1v) is 11.4. The Hall–Kier alpha value is -1.22. The van der Waals surface area contributed by atoms with E-state index in [9.17, 15) is 13.2 Å². The van der Waals surface area contributed by atoms with Crippen LogP contribution in [0.25, 0.3) is 0 Å². The van der Waals surface area contributed by atoms with Crippen LogP contribution in [0.2, 0.25) is 0 Å². The Morgan fingerprint density at radius 1 is 1.04 bits per heavy atom. The second kappa shape index (κ2) is 7.42. The van der Waals surface area contributed by atoms with Crippen molar-refractivity contribution in [3.8, 4) is 0 Å². The van der Waals surface area contributed by atoms with Crippen LogP contribution in [-0.4, -0.2) is 49.7 Å². The molecule has 5 nitrogen and oxygen atoms in total. The van der Waals surface area contributed by atoms with E-state index in [0.717, 1.165) is 9.35 Å². The summed E-state index contributed by atoms with van der Waals surface area (Å²) in [6, 6.07) is 13.0. The zero-order chi connectivity index (χ0) is 18.9. The van der Waals surface area contributed by atoms with E-state index >= 15 is 0 Å². The number of hydrogen-bond donors (Lipinski definition) is 0. The summed E-state index contributed by atoms with van der Waals surface area (Å²) >= 11 is 4.51. The number of amides is 1. The third-order valence-electron chi connectivity index (χ3n) is 4.70. The summed E-state index contributed by atoms with van der Waals surface area (Å²) in [6.45, 7) is 5.26. The Balaban J connectivity index is 1.69. The highest BCUT2D eigenvalue weighted by Gasteiger charge is 2.37. The molecule has 0 aliphatic carbocycles. The van der Waals surface area contributed by atoms with E-state index in [2.05, 4.69) is 15.9 Å². The van der Waals surface area contributed by atoms with Gasteiger partial charge < -0.3 is 4.90 Å². The summed E-state index contributed by atoms with van der Waals surface area (Å²) in [6.07, 6.45) is 0. The normalized spacial score (nSPS) is 16.7. The molecule has 0 unspecified atom stereocenters. The first kappa shape index (κ1) is 19.5. The molecule has 2 heterocycles. The van der Waals surface area contributed by atoms with Crippen LogP contribution in [-0.2, 0) is 20.2 Å². The Kier molecular flexibility index (Phi) is 5.58. The van der Waals surface area contributed by atoms with Crippen molar-refractivity contribution < 1.29 is 13.2 Å². The number of hydrogen-bond acceptors (Lipinski definition) is 4. The van der Waals surface area contributed by atoms with Crippen molar-refractivity contribution in [3.05, 3.63) is 51.8 Å². The maximum absolute atomic E-state index is 13.0. The van der Waals surface area contributed by atoms with Crippen molar-refractivity contribution in [3.63, 3.8) is 0 Å². The van der Waals surface area contributed by atoms with Crippen LogP contribution in [0.1, 0.15) is 19.4 Å². The molecule has 1 amide bonds. The van der Waals surface area contributed by atoms with E-state index in [1.165, 1.54) is 15.6 Å². The number of piperazine rings is 1. The Morgan fingerprint density at radius 3 is 2.19 bits per heavy atom. The molecular formula is C18H21BrN2O3S2. The van der Waals surface area contributed by atoms with Gasteiger partial charge in [0, 0.05) is 26.2 Å². The minimum absolute atomic E-state index is 0.0274. The van der Waals surface area contributed by atoms with Gasteiger partial charge in [0.25, 0.3) is 10.0 Å². The predicted octanol–water partition coefficient (Wildman–Crippen LogP) is 3.32. The summed E-state index contributed by atoms with van der Waals surface area (Å²) in [7, 11) is -3.49. The van der Waals surface area contributed by atoms with Gasteiger partial charge in [-0.15, -0.1) is 11.3 Å². The van der Waals surface area contributed by atoms with E-state index in [1.54, 1.807) is 17.0 Å². The first-order valence-electron chi connectivity index (χ1n) is 8.33. The van der Waals surface area contributed by atoms with E-state index in [-0.39, 0.29) is 5.91 Å².